The molecule has 1 aliphatic rings. The van der Waals surface area contributed by atoms with Crippen LogP contribution in [0.2, 0.25) is 0 Å². The molecule has 0 saturated carbocycles. The fourth-order valence-electron chi connectivity index (χ4n) is 1.98. The highest BCUT2D eigenvalue weighted by atomic mass is 16.5. The number of nitrogen functional groups attached to an aromatic ring is 1. The average Bonchev–Trinajstić information content (AvgIpc) is 2.38. The zero-order chi connectivity index (χ0) is 13.0. The number of anilines is 1. The summed E-state index contributed by atoms with van der Waals surface area (Å²) in [5.74, 6) is 0.528. The van der Waals surface area contributed by atoms with Gasteiger partial charge in [-0.25, -0.2) is 0 Å². The van der Waals surface area contributed by atoms with Gasteiger partial charge in [0, 0.05) is 18.8 Å². The third kappa shape index (κ3) is 3.37. The second-order valence-corrected chi connectivity index (χ2v) is 4.49. The number of nitrogens with zero attached hydrogens (tertiary/aromatic N) is 1. The molecule has 1 aliphatic heterocycles. The molecule has 0 radical (unpaired) electrons. The molecule has 5 heteroatoms. The zero-order valence-electron chi connectivity index (χ0n) is 10.2. The van der Waals surface area contributed by atoms with Crippen molar-refractivity contribution in [3.63, 3.8) is 0 Å². The lowest BCUT2D eigenvalue weighted by molar-refractivity contribution is -0.136. The monoisotopic (exact) mass is 250 g/mol. The Bertz CT molecular complexity index is 405. The molecule has 1 fully saturated rings. The van der Waals surface area contributed by atoms with Gasteiger partial charge < -0.3 is 20.5 Å². The Kier molecular flexibility index (Phi) is 4.04. The van der Waals surface area contributed by atoms with E-state index in [0.29, 0.717) is 24.5 Å². The molecule has 1 unspecified atom stereocenters. The lowest BCUT2D eigenvalue weighted by Crippen LogP contribution is -2.44. The quantitative estimate of drug-likeness (QED) is 0.772. The molecule has 0 spiro atoms. The molecule has 98 valence electrons. The molecule has 5 nitrogen and oxygen atoms in total. The molecule has 0 aliphatic carbocycles. The van der Waals surface area contributed by atoms with E-state index in [4.69, 9.17) is 10.5 Å². The van der Waals surface area contributed by atoms with Gasteiger partial charge >= 0.3 is 0 Å². The van der Waals surface area contributed by atoms with Gasteiger partial charge in [-0.15, -0.1) is 0 Å². The van der Waals surface area contributed by atoms with Gasteiger partial charge in [-0.3, -0.25) is 4.79 Å². The van der Waals surface area contributed by atoms with Crippen molar-refractivity contribution < 1.29 is 14.6 Å². The topological polar surface area (TPSA) is 75.8 Å². The van der Waals surface area contributed by atoms with Gasteiger partial charge in [-0.05, 0) is 37.1 Å². The van der Waals surface area contributed by atoms with Crippen LogP contribution in [0.15, 0.2) is 24.3 Å². The Labute approximate surface area is 106 Å². The molecule has 1 heterocycles. The summed E-state index contributed by atoms with van der Waals surface area (Å²) in [5, 5.41) is 9.50. The van der Waals surface area contributed by atoms with Gasteiger partial charge in [0.2, 0.25) is 0 Å². The number of carbonyl (C=O) groups excluding carboxylic acids is 1. The number of aliphatic hydroxyl groups excluding tert-OH is 1. The van der Waals surface area contributed by atoms with Crippen LogP contribution in [0.25, 0.3) is 0 Å². The first-order chi connectivity index (χ1) is 8.65. The van der Waals surface area contributed by atoms with Crippen molar-refractivity contribution in [3.8, 4) is 5.75 Å². The van der Waals surface area contributed by atoms with Crippen molar-refractivity contribution in [1.29, 1.82) is 0 Å². The van der Waals surface area contributed by atoms with Crippen molar-refractivity contribution >= 4 is 11.6 Å². The summed E-state index contributed by atoms with van der Waals surface area (Å²) >= 11 is 0. The van der Waals surface area contributed by atoms with E-state index in [1.54, 1.807) is 29.2 Å². The normalized spacial score (nSPS) is 19.6. The minimum Gasteiger partial charge on any atom is -0.484 e. The lowest BCUT2D eigenvalue weighted by Gasteiger charge is -2.29. The number of hydrogen-bond acceptors (Lipinski definition) is 4. The van der Waals surface area contributed by atoms with Crippen molar-refractivity contribution in [2.45, 2.75) is 18.9 Å². The second kappa shape index (κ2) is 5.73. The summed E-state index contributed by atoms with van der Waals surface area (Å²) in [7, 11) is 0. The highest BCUT2D eigenvalue weighted by Crippen LogP contribution is 2.14. The number of rotatable bonds is 3. The number of hydrogen-bond donors (Lipinski definition) is 2. The van der Waals surface area contributed by atoms with Gasteiger partial charge in [-0.2, -0.15) is 0 Å². The van der Waals surface area contributed by atoms with Crippen molar-refractivity contribution in [2.75, 3.05) is 25.4 Å². The van der Waals surface area contributed by atoms with Crippen LogP contribution in [0.5, 0.6) is 5.75 Å². The SMILES string of the molecule is Nc1ccc(OCC(=O)N2CCCC(O)C2)cc1. The second-order valence-electron chi connectivity index (χ2n) is 4.49. The Morgan fingerprint density at radius 1 is 1.44 bits per heavy atom. The summed E-state index contributed by atoms with van der Waals surface area (Å²) in [4.78, 5) is 13.5. The molecule has 0 aromatic heterocycles. The van der Waals surface area contributed by atoms with E-state index in [9.17, 15) is 9.90 Å². The molecule has 1 saturated heterocycles. The van der Waals surface area contributed by atoms with Gasteiger partial charge in [0.15, 0.2) is 6.61 Å². The molecule has 1 aromatic rings. The largest absolute Gasteiger partial charge is 0.484 e. The summed E-state index contributed by atoms with van der Waals surface area (Å²) in [6.07, 6.45) is 1.21. The van der Waals surface area contributed by atoms with Gasteiger partial charge in [0.05, 0.1) is 6.10 Å². The fourth-order valence-corrected chi connectivity index (χ4v) is 1.98. The fraction of sp³-hybridized carbons (Fsp3) is 0.462. The molecule has 1 aromatic carbocycles. The standard InChI is InChI=1S/C13H18N2O3/c14-10-3-5-12(6-4-10)18-9-13(17)15-7-1-2-11(16)8-15/h3-6,11,16H,1-2,7-9,14H2. The number of piperidine rings is 1. The first-order valence-electron chi connectivity index (χ1n) is 6.09. The van der Waals surface area contributed by atoms with E-state index in [1.165, 1.54) is 0 Å². The zero-order valence-corrected chi connectivity index (χ0v) is 10.2. The van der Waals surface area contributed by atoms with E-state index < -0.39 is 6.10 Å². The van der Waals surface area contributed by atoms with Crippen LogP contribution in [-0.2, 0) is 4.79 Å². The van der Waals surface area contributed by atoms with Crippen molar-refractivity contribution in [1.82, 2.24) is 4.90 Å². The van der Waals surface area contributed by atoms with Crippen LogP contribution in [-0.4, -0.2) is 41.7 Å². The minimum absolute atomic E-state index is 0.00334. The number of amides is 1. The van der Waals surface area contributed by atoms with E-state index in [1.807, 2.05) is 0 Å². The third-order valence-corrected chi connectivity index (χ3v) is 2.99. The van der Waals surface area contributed by atoms with Crippen LogP contribution in [0.3, 0.4) is 0 Å². The molecule has 0 bridgehead atoms. The first-order valence-corrected chi connectivity index (χ1v) is 6.09. The Morgan fingerprint density at radius 3 is 2.83 bits per heavy atom. The number of carbonyl (C=O) groups is 1. The number of benzene rings is 1. The predicted octanol–water partition coefficient (Wildman–Crippen LogP) is 0.631. The van der Waals surface area contributed by atoms with Crippen molar-refractivity contribution in [3.05, 3.63) is 24.3 Å². The number of aliphatic hydroxyl groups is 1. The van der Waals surface area contributed by atoms with E-state index in [0.717, 1.165) is 12.8 Å². The Hall–Kier alpha value is -1.75. The maximum atomic E-state index is 11.8. The number of nitrogens with two attached hydrogens (primary N) is 1. The molecule has 1 atom stereocenters. The smallest absolute Gasteiger partial charge is 0.260 e. The summed E-state index contributed by atoms with van der Waals surface area (Å²) in [6, 6.07) is 6.91. The molecular weight excluding hydrogens is 232 g/mol. The number of β-amino-alcohol motifs (C(OH)–C–C–N with tert-alkyl or cyclic N) is 1. The maximum Gasteiger partial charge on any atom is 0.260 e. The summed E-state index contributed by atoms with van der Waals surface area (Å²) in [6.45, 7) is 1.10. The highest BCUT2D eigenvalue weighted by Gasteiger charge is 2.22. The summed E-state index contributed by atoms with van der Waals surface area (Å²) < 4.78 is 5.38. The molecule has 2 rings (SSSR count). The Balaban J connectivity index is 1.82. The number of ether oxygens (including phenoxy) is 1. The Morgan fingerprint density at radius 2 is 2.17 bits per heavy atom. The van der Waals surface area contributed by atoms with Gasteiger partial charge in [0.1, 0.15) is 5.75 Å². The van der Waals surface area contributed by atoms with Crippen LogP contribution in [0, 0.1) is 0 Å². The van der Waals surface area contributed by atoms with Crippen LogP contribution in [0.1, 0.15) is 12.8 Å². The van der Waals surface area contributed by atoms with E-state index in [-0.39, 0.29) is 12.5 Å². The van der Waals surface area contributed by atoms with E-state index >= 15 is 0 Å². The molecule has 1 amide bonds. The minimum atomic E-state index is -0.403. The highest BCUT2D eigenvalue weighted by molar-refractivity contribution is 5.77. The van der Waals surface area contributed by atoms with Gasteiger partial charge in [0.25, 0.3) is 5.91 Å². The van der Waals surface area contributed by atoms with E-state index in [2.05, 4.69) is 0 Å². The van der Waals surface area contributed by atoms with Crippen LogP contribution in [0.4, 0.5) is 5.69 Å². The lowest BCUT2D eigenvalue weighted by atomic mass is 10.1. The maximum absolute atomic E-state index is 11.8. The molecule has 18 heavy (non-hydrogen) atoms. The molecule has 3 N–H and O–H groups in total. The predicted molar refractivity (Wildman–Crippen MR) is 68.2 cm³/mol. The third-order valence-electron chi connectivity index (χ3n) is 2.99. The average molecular weight is 250 g/mol. The molecular formula is C13H18N2O3. The van der Waals surface area contributed by atoms with Crippen molar-refractivity contribution in [2.24, 2.45) is 0 Å². The first kappa shape index (κ1) is 12.7. The summed E-state index contributed by atoms with van der Waals surface area (Å²) in [5.41, 5.74) is 6.22. The van der Waals surface area contributed by atoms with Gasteiger partial charge in [-0.1, -0.05) is 0 Å². The van der Waals surface area contributed by atoms with Crippen LogP contribution >= 0.6 is 0 Å². The van der Waals surface area contributed by atoms with Crippen LogP contribution < -0.4 is 10.5 Å². The number of likely N-dealkylation sites (tertiary alicyclic amines) is 1.